The van der Waals surface area contributed by atoms with E-state index in [0.717, 1.165) is 6.54 Å². The molecule has 0 aromatic heterocycles. The van der Waals surface area contributed by atoms with Gasteiger partial charge in [0.15, 0.2) is 0 Å². The number of nitrogens with zero attached hydrogens (tertiary/aromatic N) is 1. The van der Waals surface area contributed by atoms with Gasteiger partial charge in [0.05, 0.1) is 6.54 Å². The molecule has 0 saturated heterocycles. The van der Waals surface area contributed by atoms with Crippen molar-refractivity contribution in [2.24, 2.45) is 0 Å². The predicted octanol–water partition coefficient (Wildman–Crippen LogP) is 2.56. The Balaban J connectivity index is 2.18. The van der Waals surface area contributed by atoms with Crippen molar-refractivity contribution in [3.8, 4) is 0 Å². The summed E-state index contributed by atoms with van der Waals surface area (Å²) in [6.45, 7) is 3.75. The molecule has 1 fully saturated rings. The van der Waals surface area contributed by atoms with Gasteiger partial charge in [0.25, 0.3) is 0 Å². The minimum atomic E-state index is 0.204. The minimum absolute atomic E-state index is 0.204. The molecule has 1 rings (SSSR count). The van der Waals surface area contributed by atoms with Gasteiger partial charge in [0, 0.05) is 6.04 Å². The lowest BCUT2D eigenvalue weighted by molar-refractivity contribution is -0.122. The molecule has 3 heteroatoms. The van der Waals surface area contributed by atoms with Gasteiger partial charge in [-0.3, -0.25) is 9.69 Å². The number of rotatable bonds is 6. The molecule has 0 atom stereocenters. The second-order valence-electron chi connectivity index (χ2n) is 5.35. The Morgan fingerprint density at radius 1 is 1.24 bits per heavy atom. The van der Waals surface area contributed by atoms with Gasteiger partial charge in [0.2, 0.25) is 5.91 Å². The highest BCUT2D eigenvalue weighted by atomic mass is 16.2. The zero-order chi connectivity index (χ0) is 12.5. The highest BCUT2D eigenvalue weighted by Gasteiger charge is 2.15. The maximum Gasteiger partial charge on any atom is 0.234 e. The van der Waals surface area contributed by atoms with Crippen molar-refractivity contribution in [1.29, 1.82) is 0 Å². The van der Waals surface area contributed by atoms with Gasteiger partial charge in [-0.15, -0.1) is 0 Å². The lowest BCUT2D eigenvalue weighted by Gasteiger charge is -2.20. The second kappa shape index (κ2) is 8.51. The van der Waals surface area contributed by atoms with Crippen molar-refractivity contribution >= 4 is 5.91 Å². The standard InChI is InChI=1S/C14H28N2O/c1-3-4-11-16(2)12-14(17)15-13-9-7-5-6-8-10-13/h13H,3-12H2,1-2H3,(H,15,17). The first kappa shape index (κ1) is 14.5. The Morgan fingerprint density at radius 2 is 1.88 bits per heavy atom. The highest BCUT2D eigenvalue weighted by Crippen LogP contribution is 2.17. The van der Waals surface area contributed by atoms with Gasteiger partial charge in [-0.25, -0.2) is 0 Å². The van der Waals surface area contributed by atoms with E-state index in [-0.39, 0.29) is 5.91 Å². The zero-order valence-corrected chi connectivity index (χ0v) is 11.5. The molecule has 0 bridgehead atoms. The third-order valence-electron chi connectivity index (χ3n) is 3.53. The summed E-state index contributed by atoms with van der Waals surface area (Å²) in [5.41, 5.74) is 0. The Hall–Kier alpha value is -0.570. The van der Waals surface area contributed by atoms with Crippen molar-refractivity contribution in [3.63, 3.8) is 0 Å². The molecule has 0 unspecified atom stereocenters. The molecule has 0 aromatic rings. The van der Waals surface area contributed by atoms with Gasteiger partial charge in [-0.05, 0) is 32.9 Å². The summed E-state index contributed by atoms with van der Waals surface area (Å²) >= 11 is 0. The van der Waals surface area contributed by atoms with Crippen LogP contribution in [0, 0.1) is 0 Å². The van der Waals surface area contributed by atoms with E-state index in [0.29, 0.717) is 12.6 Å². The van der Waals surface area contributed by atoms with Crippen molar-refractivity contribution in [1.82, 2.24) is 10.2 Å². The fraction of sp³-hybridized carbons (Fsp3) is 0.929. The maximum absolute atomic E-state index is 11.8. The number of hydrogen-bond acceptors (Lipinski definition) is 2. The van der Waals surface area contributed by atoms with Crippen LogP contribution in [0.2, 0.25) is 0 Å². The molecule has 1 N–H and O–H groups in total. The molecular weight excluding hydrogens is 212 g/mol. The summed E-state index contributed by atoms with van der Waals surface area (Å²) in [6.07, 6.45) is 9.93. The van der Waals surface area contributed by atoms with E-state index in [9.17, 15) is 4.79 Å². The van der Waals surface area contributed by atoms with Crippen molar-refractivity contribution in [2.45, 2.75) is 64.3 Å². The molecule has 1 aliphatic rings. The van der Waals surface area contributed by atoms with E-state index in [4.69, 9.17) is 0 Å². The fourth-order valence-corrected chi connectivity index (χ4v) is 2.45. The molecular formula is C14H28N2O. The number of unbranched alkanes of at least 4 members (excludes halogenated alkanes) is 1. The molecule has 100 valence electrons. The first-order chi connectivity index (χ1) is 8.22. The SMILES string of the molecule is CCCCN(C)CC(=O)NC1CCCCCC1. The summed E-state index contributed by atoms with van der Waals surface area (Å²) in [5, 5.41) is 3.19. The molecule has 0 radical (unpaired) electrons. The van der Waals surface area contributed by atoms with Crippen LogP contribution in [0.3, 0.4) is 0 Å². The van der Waals surface area contributed by atoms with E-state index < -0.39 is 0 Å². The third kappa shape index (κ3) is 6.67. The molecule has 0 spiro atoms. The first-order valence-electron chi connectivity index (χ1n) is 7.20. The Morgan fingerprint density at radius 3 is 2.47 bits per heavy atom. The first-order valence-corrected chi connectivity index (χ1v) is 7.20. The number of hydrogen-bond donors (Lipinski definition) is 1. The molecule has 1 amide bonds. The maximum atomic E-state index is 11.8. The predicted molar refractivity (Wildman–Crippen MR) is 72.0 cm³/mol. The highest BCUT2D eigenvalue weighted by molar-refractivity contribution is 5.78. The lowest BCUT2D eigenvalue weighted by Crippen LogP contribution is -2.41. The monoisotopic (exact) mass is 240 g/mol. The number of carbonyl (C=O) groups is 1. The minimum Gasteiger partial charge on any atom is -0.352 e. The smallest absolute Gasteiger partial charge is 0.234 e. The van der Waals surface area contributed by atoms with Crippen LogP contribution in [0.5, 0.6) is 0 Å². The number of likely N-dealkylation sites (N-methyl/N-ethyl adjacent to an activating group) is 1. The van der Waals surface area contributed by atoms with Crippen LogP contribution in [0.15, 0.2) is 0 Å². The van der Waals surface area contributed by atoms with E-state index in [1.54, 1.807) is 0 Å². The number of carbonyl (C=O) groups excluding carboxylic acids is 1. The average Bonchev–Trinajstić information content (AvgIpc) is 2.54. The van der Waals surface area contributed by atoms with E-state index >= 15 is 0 Å². The van der Waals surface area contributed by atoms with Gasteiger partial charge in [-0.2, -0.15) is 0 Å². The van der Waals surface area contributed by atoms with Crippen LogP contribution in [0.1, 0.15) is 58.3 Å². The Bertz CT molecular complexity index is 210. The topological polar surface area (TPSA) is 32.3 Å². The quantitative estimate of drug-likeness (QED) is 0.724. The Labute approximate surface area is 106 Å². The normalized spacial score (nSPS) is 18.1. The second-order valence-corrected chi connectivity index (χ2v) is 5.35. The zero-order valence-electron chi connectivity index (χ0n) is 11.5. The van der Waals surface area contributed by atoms with Crippen molar-refractivity contribution < 1.29 is 4.79 Å². The Kier molecular flexibility index (Phi) is 7.25. The van der Waals surface area contributed by atoms with Gasteiger partial charge >= 0.3 is 0 Å². The number of nitrogens with one attached hydrogen (secondary N) is 1. The lowest BCUT2D eigenvalue weighted by atomic mass is 10.1. The molecule has 17 heavy (non-hydrogen) atoms. The summed E-state index contributed by atoms with van der Waals surface area (Å²) in [4.78, 5) is 14.0. The molecule has 0 aliphatic heterocycles. The summed E-state index contributed by atoms with van der Waals surface area (Å²) in [6, 6.07) is 0.435. The van der Waals surface area contributed by atoms with Crippen LogP contribution in [-0.4, -0.2) is 37.0 Å². The van der Waals surface area contributed by atoms with Crippen molar-refractivity contribution in [3.05, 3.63) is 0 Å². The summed E-state index contributed by atoms with van der Waals surface area (Å²) < 4.78 is 0. The summed E-state index contributed by atoms with van der Waals surface area (Å²) in [7, 11) is 2.03. The van der Waals surface area contributed by atoms with Crippen LogP contribution in [0.25, 0.3) is 0 Å². The van der Waals surface area contributed by atoms with E-state index in [2.05, 4.69) is 17.1 Å². The van der Waals surface area contributed by atoms with Crippen molar-refractivity contribution in [2.75, 3.05) is 20.1 Å². The molecule has 0 aromatic carbocycles. The molecule has 0 heterocycles. The van der Waals surface area contributed by atoms with Crippen LogP contribution >= 0.6 is 0 Å². The van der Waals surface area contributed by atoms with Crippen LogP contribution in [-0.2, 0) is 4.79 Å². The fourth-order valence-electron chi connectivity index (χ4n) is 2.45. The van der Waals surface area contributed by atoms with Gasteiger partial charge < -0.3 is 5.32 Å². The molecule has 1 aliphatic carbocycles. The van der Waals surface area contributed by atoms with Crippen LogP contribution < -0.4 is 5.32 Å². The largest absolute Gasteiger partial charge is 0.352 e. The van der Waals surface area contributed by atoms with Gasteiger partial charge in [0.1, 0.15) is 0 Å². The molecule has 3 nitrogen and oxygen atoms in total. The number of amides is 1. The third-order valence-corrected chi connectivity index (χ3v) is 3.53. The van der Waals surface area contributed by atoms with Gasteiger partial charge in [-0.1, -0.05) is 39.0 Å². The van der Waals surface area contributed by atoms with E-state index in [1.807, 2.05) is 7.05 Å². The average molecular weight is 240 g/mol. The van der Waals surface area contributed by atoms with Crippen LogP contribution in [0.4, 0.5) is 0 Å². The molecule has 1 saturated carbocycles. The van der Waals surface area contributed by atoms with E-state index in [1.165, 1.54) is 51.4 Å². The summed E-state index contributed by atoms with van der Waals surface area (Å²) in [5.74, 6) is 0.204.